The van der Waals surface area contributed by atoms with Gasteiger partial charge >= 0.3 is 0 Å². The lowest BCUT2D eigenvalue weighted by molar-refractivity contribution is 0.182. The standard InChI is InChI=1S/C21H32FN5O.HI/c1-6-23-21(24-10-9-18-7-8-19(22)13-15(18)2)25-14-20-16(3)26-27(17(20)4)11-12-28-5;/h7-8,13H,6,9-12,14H2,1-5H3,(H2,23,24,25);1H. The van der Waals surface area contributed by atoms with E-state index in [2.05, 4.69) is 22.7 Å². The van der Waals surface area contributed by atoms with Gasteiger partial charge in [0.05, 0.1) is 25.4 Å². The summed E-state index contributed by atoms with van der Waals surface area (Å²) in [4.78, 5) is 4.72. The molecule has 8 heteroatoms. The fourth-order valence-corrected chi connectivity index (χ4v) is 3.11. The molecule has 0 amide bonds. The predicted molar refractivity (Wildman–Crippen MR) is 127 cm³/mol. The normalized spacial score (nSPS) is 11.3. The van der Waals surface area contributed by atoms with Crippen molar-refractivity contribution in [3.63, 3.8) is 0 Å². The summed E-state index contributed by atoms with van der Waals surface area (Å²) in [6.07, 6.45) is 0.809. The molecule has 0 saturated heterocycles. The summed E-state index contributed by atoms with van der Waals surface area (Å²) >= 11 is 0. The maximum atomic E-state index is 13.2. The van der Waals surface area contributed by atoms with Crippen molar-refractivity contribution in [1.82, 2.24) is 20.4 Å². The summed E-state index contributed by atoms with van der Waals surface area (Å²) in [6.45, 7) is 11.5. The molecule has 0 bridgehead atoms. The van der Waals surface area contributed by atoms with Crippen molar-refractivity contribution in [2.45, 2.75) is 47.2 Å². The number of aryl methyl sites for hydroxylation is 2. The first-order valence-electron chi connectivity index (χ1n) is 9.75. The van der Waals surface area contributed by atoms with Crippen LogP contribution in [-0.4, -0.2) is 42.5 Å². The van der Waals surface area contributed by atoms with E-state index >= 15 is 0 Å². The van der Waals surface area contributed by atoms with Crippen molar-refractivity contribution >= 4 is 29.9 Å². The zero-order valence-electron chi connectivity index (χ0n) is 18.0. The Kier molecular flexibility index (Phi) is 11.2. The van der Waals surface area contributed by atoms with Crippen LogP contribution in [0.2, 0.25) is 0 Å². The summed E-state index contributed by atoms with van der Waals surface area (Å²) in [7, 11) is 1.69. The minimum Gasteiger partial charge on any atom is -0.383 e. The number of guanidine groups is 1. The fourth-order valence-electron chi connectivity index (χ4n) is 3.11. The molecule has 162 valence electrons. The van der Waals surface area contributed by atoms with Gasteiger partial charge in [0.15, 0.2) is 5.96 Å². The van der Waals surface area contributed by atoms with E-state index in [0.29, 0.717) is 13.2 Å². The smallest absolute Gasteiger partial charge is 0.191 e. The first-order chi connectivity index (χ1) is 13.5. The van der Waals surface area contributed by atoms with Crippen LogP contribution in [0.25, 0.3) is 0 Å². The van der Waals surface area contributed by atoms with Gasteiger partial charge in [0.1, 0.15) is 5.82 Å². The van der Waals surface area contributed by atoms with Crippen molar-refractivity contribution in [2.75, 3.05) is 26.8 Å². The Bertz CT molecular complexity index is 807. The molecular formula is C21H33FIN5O. The van der Waals surface area contributed by atoms with Crippen LogP contribution < -0.4 is 10.6 Å². The second-order valence-electron chi connectivity index (χ2n) is 6.81. The van der Waals surface area contributed by atoms with Gasteiger partial charge in [-0.1, -0.05) is 6.07 Å². The lowest BCUT2D eigenvalue weighted by Crippen LogP contribution is -2.38. The van der Waals surface area contributed by atoms with Crippen LogP contribution in [0.15, 0.2) is 23.2 Å². The van der Waals surface area contributed by atoms with Gasteiger partial charge in [0.2, 0.25) is 0 Å². The van der Waals surface area contributed by atoms with Crippen LogP contribution in [0, 0.1) is 26.6 Å². The van der Waals surface area contributed by atoms with Crippen LogP contribution >= 0.6 is 24.0 Å². The van der Waals surface area contributed by atoms with E-state index in [0.717, 1.165) is 60.1 Å². The molecule has 6 nitrogen and oxygen atoms in total. The Balaban J connectivity index is 0.00000420. The number of halogens is 2. The lowest BCUT2D eigenvalue weighted by Gasteiger charge is -2.12. The van der Waals surface area contributed by atoms with E-state index in [1.54, 1.807) is 13.2 Å². The maximum Gasteiger partial charge on any atom is 0.191 e. The predicted octanol–water partition coefficient (Wildman–Crippen LogP) is 3.51. The Hall–Kier alpha value is -1.68. The van der Waals surface area contributed by atoms with Crippen LogP contribution in [0.1, 0.15) is 35.0 Å². The van der Waals surface area contributed by atoms with Crippen LogP contribution in [-0.2, 0) is 24.2 Å². The number of aliphatic imine (C=N–C) groups is 1. The monoisotopic (exact) mass is 517 g/mol. The van der Waals surface area contributed by atoms with Gasteiger partial charge in [-0.25, -0.2) is 9.38 Å². The number of hydrogen-bond acceptors (Lipinski definition) is 3. The second kappa shape index (κ2) is 12.8. The lowest BCUT2D eigenvalue weighted by atomic mass is 10.1. The fraction of sp³-hybridized carbons (Fsp3) is 0.524. The molecule has 2 N–H and O–H groups in total. The molecule has 0 fully saturated rings. The van der Waals surface area contributed by atoms with E-state index in [1.807, 2.05) is 31.5 Å². The SMILES string of the molecule is CCNC(=NCc1c(C)nn(CCOC)c1C)NCCc1ccc(F)cc1C.I. The molecule has 0 aliphatic carbocycles. The number of benzene rings is 1. The van der Waals surface area contributed by atoms with Crippen LogP contribution in [0.4, 0.5) is 4.39 Å². The van der Waals surface area contributed by atoms with Crippen LogP contribution in [0.5, 0.6) is 0 Å². The van der Waals surface area contributed by atoms with Crippen molar-refractivity contribution in [2.24, 2.45) is 4.99 Å². The summed E-state index contributed by atoms with van der Waals surface area (Å²) in [5.41, 5.74) is 5.36. The van der Waals surface area contributed by atoms with Gasteiger partial charge in [0, 0.05) is 31.5 Å². The number of nitrogens with one attached hydrogen (secondary N) is 2. The van der Waals surface area contributed by atoms with Gasteiger partial charge in [-0.05, 0) is 57.4 Å². The molecule has 0 spiro atoms. The van der Waals surface area contributed by atoms with Gasteiger partial charge in [0.25, 0.3) is 0 Å². The average Bonchev–Trinajstić information content (AvgIpc) is 2.93. The molecule has 1 aromatic carbocycles. The molecule has 0 atom stereocenters. The minimum absolute atomic E-state index is 0. The van der Waals surface area contributed by atoms with E-state index < -0.39 is 0 Å². The van der Waals surface area contributed by atoms with Gasteiger partial charge < -0.3 is 15.4 Å². The Morgan fingerprint density at radius 2 is 2.00 bits per heavy atom. The number of aromatic nitrogens is 2. The molecule has 2 aromatic rings. The maximum absolute atomic E-state index is 13.2. The topological polar surface area (TPSA) is 63.5 Å². The van der Waals surface area contributed by atoms with E-state index in [-0.39, 0.29) is 29.8 Å². The third-order valence-corrected chi connectivity index (χ3v) is 4.77. The minimum atomic E-state index is -0.194. The highest BCUT2D eigenvalue weighted by Gasteiger charge is 2.11. The van der Waals surface area contributed by atoms with Gasteiger partial charge in [-0.2, -0.15) is 5.10 Å². The van der Waals surface area contributed by atoms with E-state index in [1.165, 1.54) is 6.07 Å². The Morgan fingerprint density at radius 1 is 1.24 bits per heavy atom. The molecule has 29 heavy (non-hydrogen) atoms. The molecule has 1 aromatic heterocycles. The molecule has 2 rings (SSSR count). The molecule has 0 unspecified atom stereocenters. The third kappa shape index (κ3) is 7.58. The third-order valence-electron chi connectivity index (χ3n) is 4.77. The van der Waals surface area contributed by atoms with Crippen molar-refractivity contribution in [3.05, 3.63) is 52.1 Å². The molecule has 0 saturated carbocycles. The summed E-state index contributed by atoms with van der Waals surface area (Å²) < 4.78 is 20.4. The number of rotatable bonds is 9. The highest BCUT2D eigenvalue weighted by atomic mass is 127. The number of hydrogen-bond donors (Lipinski definition) is 2. The van der Waals surface area contributed by atoms with Gasteiger partial charge in [-0.3, -0.25) is 4.68 Å². The molecule has 0 aliphatic heterocycles. The first-order valence-corrected chi connectivity index (χ1v) is 9.75. The first kappa shape index (κ1) is 25.4. The highest BCUT2D eigenvalue weighted by molar-refractivity contribution is 14.0. The molecule has 0 aliphatic rings. The highest BCUT2D eigenvalue weighted by Crippen LogP contribution is 2.14. The summed E-state index contributed by atoms with van der Waals surface area (Å²) in [6, 6.07) is 4.92. The van der Waals surface area contributed by atoms with Crippen molar-refractivity contribution < 1.29 is 9.13 Å². The number of ether oxygens (including phenoxy) is 1. The number of nitrogens with zero attached hydrogens (tertiary/aromatic N) is 3. The summed E-state index contributed by atoms with van der Waals surface area (Å²) in [5, 5.41) is 11.2. The van der Waals surface area contributed by atoms with E-state index in [9.17, 15) is 4.39 Å². The quantitative estimate of drug-likeness (QED) is 0.304. The second-order valence-corrected chi connectivity index (χ2v) is 6.81. The zero-order chi connectivity index (χ0) is 20.5. The largest absolute Gasteiger partial charge is 0.383 e. The van der Waals surface area contributed by atoms with Gasteiger partial charge in [-0.15, -0.1) is 24.0 Å². The number of methoxy groups -OCH3 is 1. The van der Waals surface area contributed by atoms with Crippen LogP contribution in [0.3, 0.4) is 0 Å². The average molecular weight is 517 g/mol. The zero-order valence-corrected chi connectivity index (χ0v) is 20.3. The van der Waals surface area contributed by atoms with Crippen molar-refractivity contribution in [3.8, 4) is 0 Å². The Labute approximate surface area is 190 Å². The molecule has 1 heterocycles. The molecule has 0 radical (unpaired) electrons. The Morgan fingerprint density at radius 3 is 2.66 bits per heavy atom. The van der Waals surface area contributed by atoms with E-state index in [4.69, 9.17) is 9.73 Å². The summed E-state index contributed by atoms with van der Waals surface area (Å²) in [5.74, 6) is 0.576. The van der Waals surface area contributed by atoms with Crippen molar-refractivity contribution in [1.29, 1.82) is 0 Å². The molecular weight excluding hydrogens is 484 g/mol.